The minimum Gasteiger partial charge on any atom is -0.491 e. The average Bonchev–Trinajstić information content (AvgIpc) is 2.99. The number of imidazole rings is 1. The van der Waals surface area contributed by atoms with Gasteiger partial charge in [0.1, 0.15) is 18.5 Å². The van der Waals surface area contributed by atoms with Crippen LogP contribution in [0.4, 0.5) is 0 Å². The number of aryl methyl sites for hydroxylation is 3. The van der Waals surface area contributed by atoms with Crippen molar-refractivity contribution < 1.29 is 19.4 Å². The van der Waals surface area contributed by atoms with Crippen molar-refractivity contribution in [2.75, 3.05) is 13.2 Å². The molecule has 1 unspecified atom stereocenters. The van der Waals surface area contributed by atoms with Crippen molar-refractivity contribution in [1.82, 2.24) is 9.13 Å². The fraction of sp³-hybridized carbons (Fsp3) is 0.391. The fourth-order valence-electron chi connectivity index (χ4n) is 3.46. The average molecular weight is 412 g/mol. The molecule has 1 aromatic heterocycles. The Morgan fingerprint density at radius 3 is 2.53 bits per heavy atom. The summed E-state index contributed by atoms with van der Waals surface area (Å²) in [5.74, 6) is 0.267. The van der Waals surface area contributed by atoms with Gasteiger partial charge in [0.25, 0.3) is 0 Å². The molecule has 1 atom stereocenters. The van der Waals surface area contributed by atoms with Crippen LogP contribution >= 0.6 is 0 Å². The number of nitrogens with zero attached hydrogens (tertiary/aromatic N) is 2. The smallest absolute Gasteiger partial charge is 0.338 e. The number of hydrogen-bond donors (Lipinski definition) is 1. The third-order valence-corrected chi connectivity index (χ3v) is 5.01. The molecule has 0 radical (unpaired) electrons. The molecular weight excluding hydrogens is 384 g/mol. The number of aliphatic hydroxyl groups is 1. The van der Waals surface area contributed by atoms with Gasteiger partial charge in [-0.2, -0.15) is 0 Å². The monoisotopic (exact) mass is 412 g/mol. The van der Waals surface area contributed by atoms with E-state index in [1.807, 2.05) is 39.0 Å². The highest BCUT2D eigenvalue weighted by atomic mass is 16.5. The second-order valence-corrected chi connectivity index (χ2v) is 7.30. The molecule has 0 aliphatic heterocycles. The van der Waals surface area contributed by atoms with Crippen LogP contribution < -0.4 is 10.4 Å². The summed E-state index contributed by atoms with van der Waals surface area (Å²) in [6.07, 6.45) is -0.898. The topological polar surface area (TPSA) is 82.7 Å². The van der Waals surface area contributed by atoms with Crippen LogP contribution in [0.15, 0.2) is 41.2 Å². The van der Waals surface area contributed by atoms with Gasteiger partial charge in [0.15, 0.2) is 0 Å². The quantitative estimate of drug-likeness (QED) is 0.575. The first-order valence-electron chi connectivity index (χ1n) is 10.1. The second kappa shape index (κ2) is 9.17. The summed E-state index contributed by atoms with van der Waals surface area (Å²) in [5, 5.41) is 10.6. The van der Waals surface area contributed by atoms with Crippen molar-refractivity contribution in [3.8, 4) is 5.75 Å². The first-order chi connectivity index (χ1) is 14.3. The number of fused-ring (bicyclic) bond motifs is 1. The lowest BCUT2D eigenvalue weighted by Gasteiger charge is -2.15. The molecule has 0 fully saturated rings. The predicted molar refractivity (Wildman–Crippen MR) is 115 cm³/mol. The maximum absolute atomic E-state index is 12.9. The summed E-state index contributed by atoms with van der Waals surface area (Å²) >= 11 is 0. The molecule has 0 amide bonds. The molecule has 3 aromatic rings. The summed E-state index contributed by atoms with van der Waals surface area (Å²) in [6.45, 7) is 8.40. The van der Waals surface area contributed by atoms with Gasteiger partial charge in [-0.3, -0.25) is 9.13 Å². The van der Waals surface area contributed by atoms with E-state index in [-0.39, 0.29) is 25.4 Å². The van der Waals surface area contributed by atoms with Crippen molar-refractivity contribution in [2.24, 2.45) is 0 Å². The highest BCUT2D eigenvalue weighted by molar-refractivity contribution is 5.93. The Bertz CT molecular complexity index is 1110. The van der Waals surface area contributed by atoms with Crippen LogP contribution in [0.2, 0.25) is 0 Å². The minimum absolute atomic E-state index is 0.0487. The highest BCUT2D eigenvalue weighted by Gasteiger charge is 2.18. The Labute approximate surface area is 175 Å². The Kier molecular flexibility index (Phi) is 6.62. The SMILES string of the molecule is CCOC(=O)c1ccc2c(c1)n(CC(O)COc1cc(C)ccc1C)c(=O)n2CC. The minimum atomic E-state index is -0.898. The van der Waals surface area contributed by atoms with Gasteiger partial charge in [-0.25, -0.2) is 9.59 Å². The standard InChI is InChI=1S/C23H28N2O5/c1-5-24-19-10-9-17(22(27)29-6-2)12-20(19)25(23(24)28)13-18(26)14-30-21-11-15(3)7-8-16(21)4/h7-12,18,26H,5-6,13-14H2,1-4H3. The highest BCUT2D eigenvalue weighted by Crippen LogP contribution is 2.20. The number of esters is 1. The maximum Gasteiger partial charge on any atom is 0.338 e. The molecule has 160 valence electrons. The van der Waals surface area contributed by atoms with E-state index in [2.05, 4.69) is 0 Å². The van der Waals surface area contributed by atoms with Crippen molar-refractivity contribution in [3.05, 3.63) is 63.6 Å². The predicted octanol–water partition coefficient (Wildman–Crippen LogP) is 3.06. The van der Waals surface area contributed by atoms with Crippen LogP contribution in [-0.2, 0) is 17.8 Å². The number of hydrogen-bond acceptors (Lipinski definition) is 5. The van der Waals surface area contributed by atoms with Crippen molar-refractivity contribution in [3.63, 3.8) is 0 Å². The molecule has 1 N–H and O–H groups in total. The van der Waals surface area contributed by atoms with Crippen LogP contribution in [0.25, 0.3) is 11.0 Å². The van der Waals surface area contributed by atoms with Crippen LogP contribution in [0.5, 0.6) is 5.75 Å². The van der Waals surface area contributed by atoms with Gasteiger partial charge in [0.05, 0.1) is 29.7 Å². The summed E-state index contributed by atoms with van der Waals surface area (Å²) in [5.41, 5.74) is 3.47. The number of ether oxygens (including phenoxy) is 2. The zero-order valence-corrected chi connectivity index (χ0v) is 17.8. The van der Waals surface area contributed by atoms with Crippen molar-refractivity contribution in [1.29, 1.82) is 0 Å². The number of aliphatic hydroxyl groups excluding tert-OH is 1. The molecule has 30 heavy (non-hydrogen) atoms. The Hall–Kier alpha value is -3.06. The summed E-state index contributed by atoms with van der Waals surface area (Å²) in [6, 6.07) is 10.9. The molecule has 0 saturated heterocycles. The van der Waals surface area contributed by atoms with Crippen LogP contribution in [0.1, 0.15) is 35.3 Å². The third kappa shape index (κ3) is 4.41. The number of aromatic nitrogens is 2. The molecule has 2 aromatic carbocycles. The van der Waals surface area contributed by atoms with E-state index in [0.29, 0.717) is 28.9 Å². The van der Waals surface area contributed by atoms with Crippen molar-refractivity contribution >= 4 is 17.0 Å². The van der Waals surface area contributed by atoms with Crippen LogP contribution in [0.3, 0.4) is 0 Å². The molecule has 0 spiro atoms. The Morgan fingerprint density at radius 1 is 1.07 bits per heavy atom. The number of carbonyl (C=O) groups excluding carboxylic acids is 1. The molecule has 7 heteroatoms. The van der Waals surface area contributed by atoms with Crippen molar-refractivity contribution in [2.45, 2.75) is 46.9 Å². The van der Waals surface area contributed by atoms with E-state index < -0.39 is 12.1 Å². The molecule has 0 aliphatic carbocycles. The van der Waals surface area contributed by atoms with E-state index in [4.69, 9.17) is 9.47 Å². The first kappa shape index (κ1) is 21.6. The lowest BCUT2D eigenvalue weighted by molar-refractivity contribution is 0.0526. The van der Waals surface area contributed by atoms with E-state index in [0.717, 1.165) is 11.1 Å². The van der Waals surface area contributed by atoms with E-state index in [1.54, 1.807) is 29.7 Å². The maximum atomic E-state index is 12.9. The van der Waals surface area contributed by atoms with E-state index >= 15 is 0 Å². The number of carbonyl (C=O) groups is 1. The Balaban J connectivity index is 1.87. The molecule has 1 heterocycles. The van der Waals surface area contributed by atoms with Gasteiger partial charge in [0, 0.05) is 6.54 Å². The molecule has 0 bridgehead atoms. The molecule has 3 rings (SSSR count). The Morgan fingerprint density at radius 2 is 1.83 bits per heavy atom. The first-order valence-corrected chi connectivity index (χ1v) is 10.1. The molecule has 7 nitrogen and oxygen atoms in total. The van der Waals surface area contributed by atoms with Gasteiger partial charge < -0.3 is 14.6 Å². The number of benzene rings is 2. The van der Waals surface area contributed by atoms with Gasteiger partial charge in [0.2, 0.25) is 0 Å². The fourth-order valence-corrected chi connectivity index (χ4v) is 3.46. The molecule has 0 aliphatic rings. The lowest BCUT2D eigenvalue weighted by Crippen LogP contribution is -2.31. The molecular formula is C23H28N2O5. The number of rotatable bonds is 8. The van der Waals surface area contributed by atoms with E-state index in [1.165, 1.54) is 4.57 Å². The molecule has 0 saturated carbocycles. The van der Waals surface area contributed by atoms with Gasteiger partial charge >= 0.3 is 11.7 Å². The van der Waals surface area contributed by atoms with Crippen LogP contribution in [-0.4, -0.2) is 39.5 Å². The lowest BCUT2D eigenvalue weighted by atomic mass is 10.1. The summed E-state index contributed by atoms with van der Waals surface area (Å²) in [4.78, 5) is 25.0. The normalized spacial score (nSPS) is 12.2. The zero-order valence-electron chi connectivity index (χ0n) is 17.8. The zero-order chi connectivity index (χ0) is 21.8. The van der Waals surface area contributed by atoms with Gasteiger partial charge in [-0.05, 0) is 63.1 Å². The van der Waals surface area contributed by atoms with E-state index in [9.17, 15) is 14.7 Å². The summed E-state index contributed by atoms with van der Waals surface area (Å²) in [7, 11) is 0. The summed E-state index contributed by atoms with van der Waals surface area (Å²) < 4.78 is 13.9. The van der Waals surface area contributed by atoms with Crippen LogP contribution in [0, 0.1) is 13.8 Å². The second-order valence-electron chi connectivity index (χ2n) is 7.30. The third-order valence-electron chi connectivity index (χ3n) is 5.01. The van der Waals surface area contributed by atoms with Gasteiger partial charge in [-0.1, -0.05) is 12.1 Å². The largest absolute Gasteiger partial charge is 0.491 e. The van der Waals surface area contributed by atoms with Gasteiger partial charge in [-0.15, -0.1) is 0 Å².